The van der Waals surface area contributed by atoms with E-state index in [1.54, 1.807) is 0 Å². The third kappa shape index (κ3) is 1.67. The van der Waals surface area contributed by atoms with E-state index in [-0.39, 0.29) is 12.8 Å². The van der Waals surface area contributed by atoms with Gasteiger partial charge in [-0.05, 0) is 14.0 Å². The molecular weight excluding hydrogens is 133 g/mol. The van der Waals surface area contributed by atoms with Crippen LogP contribution in [0, 0.1) is 0 Å². The van der Waals surface area contributed by atoms with Crippen LogP contribution in [0.15, 0.2) is 0 Å². The molecule has 2 atom stereocenters. The number of halogens is 1. The molecule has 0 amide bonds. The second-order valence-electron chi connectivity index (χ2n) is 2.90. The van der Waals surface area contributed by atoms with E-state index in [1.165, 1.54) is 0 Å². The molecule has 3 heteroatoms. The van der Waals surface area contributed by atoms with E-state index in [2.05, 4.69) is 11.8 Å². The molecule has 0 N–H and O–H groups in total. The number of nitrogens with zero attached hydrogens (tertiary/aromatic N) is 1. The summed E-state index contributed by atoms with van der Waals surface area (Å²) in [6.07, 6.45) is -0.193. The molecule has 10 heavy (non-hydrogen) atoms. The zero-order valence-electron chi connectivity index (χ0n) is 6.51. The number of hydrogen-bond donors (Lipinski definition) is 0. The van der Waals surface area contributed by atoms with Crippen molar-refractivity contribution in [3.63, 3.8) is 0 Å². The Morgan fingerprint density at radius 1 is 1.70 bits per heavy atom. The average molecular weight is 147 g/mol. The molecule has 0 aliphatic carbocycles. The Bertz CT molecular complexity index is 110. The van der Waals surface area contributed by atoms with Gasteiger partial charge in [-0.1, -0.05) is 0 Å². The van der Waals surface area contributed by atoms with Gasteiger partial charge in [0.1, 0.15) is 6.67 Å². The molecule has 1 saturated heterocycles. The highest BCUT2D eigenvalue weighted by Crippen LogP contribution is 2.08. The third-order valence-corrected chi connectivity index (χ3v) is 1.99. The molecule has 0 aromatic heterocycles. The molecule has 1 aliphatic rings. The highest BCUT2D eigenvalue weighted by atomic mass is 19.1. The minimum Gasteiger partial charge on any atom is -0.373 e. The summed E-state index contributed by atoms with van der Waals surface area (Å²) >= 11 is 0. The second-order valence-corrected chi connectivity index (χ2v) is 2.90. The maximum absolute atomic E-state index is 12.0. The first-order valence-electron chi connectivity index (χ1n) is 3.62. The Labute approximate surface area is 61.0 Å². The summed E-state index contributed by atoms with van der Waals surface area (Å²) < 4.78 is 17.2. The van der Waals surface area contributed by atoms with E-state index in [4.69, 9.17) is 4.74 Å². The standard InChI is InChI=1S/C7H14FNO/c1-6-5-10-7(3-8)4-9(6)2/h6-7H,3-5H2,1-2H3/t6-,7-/m1/s1. The van der Waals surface area contributed by atoms with Crippen LogP contribution in [0.25, 0.3) is 0 Å². The van der Waals surface area contributed by atoms with Gasteiger partial charge in [0.25, 0.3) is 0 Å². The number of alkyl halides is 1. The molecule has 1 fully saturated rings. The molecule has 0 unspecified atom stereocenters. The van der Waals surface area contributed by atoms with Gasteiger partial charge in [0.05, 0.1) is 12.7 Å². The molecule has 0 spiro atoms. The highest BCUT2D eigenvalue weighted by molar-refractivity contribution is 4.73. The normalized spacial score (nSPS) is 36.3. The van der Waals surface area contributed by atoms with Crippen LogP contribution in [0.1, 0.15) is 6.92 Å². The van der Waals surface area contributed by atoms with Crippen LogP contribution in [-0.4, -0.2) is 43.9 Å². The predicted octanol–water partition coefficient (Wildman–Crippen LogP) is 0.675. The van der Waals surface area contributed by atoms with E-state index >= 15 is 0 Å². The SMILES string of the molecule is C[C@@H]1CO[C@H](CF)CN1C. The largest absolute Gasteiger partial charge is 0.373 e. The number of ether oxygens (including phenoxy) is 1. The second kappa shape index (κ2) is 3.30. The molecule has 1 rings (SSSR count). The number of hydrogen-bond acceptors (Lipinski definition) is 2. The zero-order chi connectivity index (χ0) is 7.56. The van der Waals surface area contributed by atoms with Crippen molar-refractivity contribution in [1.82, 2.24) is 4.90 Å². The summed E-state index contributed by atoms with van der Waals surface area (Å²) in [6.45, 7) is 3.09. The summed E-state index contributed by atoms with van der Waals surface area (Å²) in [4.78, 5) is 2.12. The Hall–Kier alpha value is -0.150. The van der Waals surface area contributed by atoms with Gasteiger partial charge in [-0.3, -0.25) is 4.90 Å². The third-order valence-electron chi connectivity index (χ3n) is 1.99. The van der Waals surface area contributed by atoms with E-state index in [0.29, 0.717) is 12.6 Å². The molecular formula is C7H14FNO. The summed E-state index contributed by atoms with van der Waals surface area (Å²) in [5.74, 6) is 0. The van der Waals surface area contributed by atoms with Crippen molar-refractivity contribution in [1.29, 1.82) is 0 Å². The molecule has 1 heterocycles. The molecule has 1 aliphatic heterocycles. The lowest BCUT2D eigenvalue weighted by Crippen LogP contribution is -2.46. The first-order valence-corrected chi connectivity index (χ1v) is 3.62. The summed E-state index contributed by atoms with van der Waals surface area (Å²) in [5.41, 5.74) is 0. The van der Waals surface area contributed by atoms with Gasteiger partial charge in [-0.15, -0.1) is 0 Å². The van der Waals surface area contributed by atoms with Gasteiger partial charge < -0.3 is 4.74 Å². The Morgan fingerprint density at radius 2 is 2.40 bits per heavy atom. The van der Waals surface area contributed by atoms with E-state index in [9.17, 15) is 4.39 Å². The van der Waals surface area contributed by atoms with Crippen molar-refractivity contribution in [2.45, 2.75) is 19.1 Å². The molecule has 0 aromatic rings. The van der Waals surface area contributed by atoms with Crippen LogP contribution in [-0.2, 0) is 4.74 Å². The first kappa shape index (κ1) is 7.95. The smallest absolute Gasteiger partial charge is 0.117 e. The Balaban J connectivity index is 2.33. The lowest BCUT2D eigenvalue weighted by atomic mass is 10.2. The Kier molecular flexibility index (Phi) is 2.63. The van der Waals surface area contributed by atoms with E-state index in [0.717, 1.165) is 6.54 Å². The lowest BCUT2D eigenvalue weighted by Gasteiger charge is -2.33. The maximum Gasteiger partial charge on any atom is 0.117 e. The van der Waals surface area contributed by atoms with E-state index in [1.807, 2.05) is 7.05 Å². The minimum atomic E-state index is -0.364. The van der Waals surface area contributed by atoms with Crippen LogP contribution in [0.5, 0.6) is 0 Å². The summed E-state index contributed by atoms with van der Waals surface area (Å²) in [5, 5.41) is 0. The quantitative estimate of drug-likeness (QED) is 0.540. The zero-order valence-corrected chi connectivity index (χ0v) is 6.51. The minimum absolute atomic E-state index is 0.193. The average Bonchev–Trinajstić information content (AvgIpc) is 1.95. The maximum atomic E-state index is 12.0. The molecule has 0 saturated carbocycles. The molecule has 0 radical (unpaired) electrons. The molecule has 0 aromatic carbocycles. The number of morpholine rings is 1. The molecule has 2 nitrogen and oxygen atoms in total. The van der Waals surface area contributed by atoms with Gasteiger partial charge in [0.2, 0.25) is 0 Å². The van der Waals surface area contributed by atoms with Crippen LogP contribution < -0.4 is 0 Å². The van der Waals surface area contributed by atoms with Gasteiger partial charge in [-0.25, -0.2) is 4.39 Å². The molecule has 0 bridgehead atoms. The predicted molar refractivity (Wildman–Crippen MR) is 37.8 cm³/mol. The fraction of sp³-hybridized carbons (Fsp3) is 1.00. The first-order chi connectivity index (χ1) is 4.74. The highest BCUT2D eigenvalue weighted by Gasteiger charge is 2.22. The van der Waals surface area contributed by atoms with Crippen molar-refractivity contribution in [2.75, 3.05) is 26.9 Å². The fourth-order valence-electron chi connectivity index (χ4n) is 1.05. The summed E-state index contributed by atoms with van der Waals surface area (Å²) in [6, 6.07) is 0.433. The topological polar surface area (TPSA) is 12.5 Å². The van der Waals surface area contributed by atoms with E-state index < -0.39 is 0 Å². The van der Waals surface area contributed by atoms with Crippen LogP contribution in [0.2, 0.25) is 0 Å². The Morgan fingerprint density at radius 3 is 2.90 bits per heavy atom. The monoisotopic (exact) mass is 147 g/mol. The van der Waals surface area contributed by atoms with Gasteiger partial charge in [-0.2, -0.15) is 0 Å². The number of likely N-dealkylation sites (N-methyl/N-ethyl adjacent to an activating group) is 1. The van der Waals surface area contributed by atoms with Gasteiger partial charge >= 0.3 is 0 Å². The van der Waals surface area contributed by atoms with Crippen molar-refractivity contribution in [3.05, 3.63) is 0 Å². The molecule has 60 valence electrons. The summed E-state index contributed by atoms with van der Waals surface area (Å²) in [7, 11) is 2.00. The van der Waals surface area contributed by atoms with Crippen LogP contribution >= 0.6 is 0 Å². The van der Waals surface area contributed by atoms with Crippen LogP contribution in [0.4, 0.5) is 4.39 Å². The van der Waals surface area contributed by atoms with Crippen LogP contribution in [0.3, 0.4) is 0 Å². The lowest BCUT2D eigenvalue weighted by molar-refractivity contribution is -0.0570. The van der Waals surface area contributed by atoms with Crippen molar-refractivity contribution >= 4 is 0 Å². The van der Waals surface area contributed by atoms with Gasteiger partial charge in [0.15, 0.2) is 0 Å². The number of rotatable bonds is 1. The van der Waals surface area contributed by atoms with Crippen molar-refractivity contribution in [2.24, 2.45) is 0 Å². The van der Waals surface area contributed by atoms with Crippen molar-refractivity contribution < 1.29 is 9.13 Å². The van der Waals surface area contributed by atoms with Gasteiger partial charge in [0, 0.05) is 12.6 Å². The fourth-order valence-corrected chi connectivity index (χ4v) is 1.05. The van der Waals surface area contributed by atoms with Crippen molar-refractivity contribution in [3.8, 4) is 0 Å².